The van der Waals surface area contributed by atoms with Crippen molar-refractivity contribution in [1.82, 2.24) is 30.1 Å². The second kappa shape index (κ2) is 10.3. The number of aryl methyl sites for hydroxylation is 2. The average Bonchev–Trinajstić information content (AvgIpc) is 3.63. The summed E-state index contributed by atoms with van der Waals surface area (Å²) < 4.78 is 2.01. The van der Waals surface area contributed by atoms with Crippen molar-refractivity contribution < 1.29 is 0 Å². The Kier molecular flexibility index (Phi) is 6.74. The molecule has 2 aromatic carbocycles. The number of piperazine rings is 1. The van der Waals surface area contributed by atoms with Crippen molar-refractivity contribution in [3.63, 3.8) is 0 Å². The number of H-pyrrole nitrogens is 1. The number of anilines is 1. The van der Waals surface area contributed by atoms with Gasteiger partial charge in [-0.3, -0.25) is 9.69 Å². The molecule has 2 fully saturated rings. The summed E-state index contributed by atoms with van der Waals surface area (Å²) in [7, 11) is 0. The maximum Gasteiger partial charge on any atom is 0.253 e. The van der Waals surface area contributed by atoms with Gasteiger partial charge in [-0.25, -0.2) is 4.68 Å². The van der Waals surface area contributed by atoms with Gasteiger partial charge in [-0.15, -0.1) is 5.10 Å². The van der Waals surface area contributed by atoms with Crippen molar-refractivity contribution in [1.29, 1.82) is 0 Å². The summed E-state index contributed by atoms with van der Waals surface area (Å²) in [5.41, 5.74) is 6.72. The van der Waals surface area contributed by atoms with E-state index in [0.29, 0.717) is 6.04 Å². The normalized spacial score (nSPS) is 17.9. The highest BCUT2D eigenvalue weighted by atomic mass is 16.1. The number of nitrogens with one attached hydrogen (secondary N) is 1. The van der Waals surface area contributed by atoms with E-state index in [9.17, 15) is 4.79 Å². The van der Waals surface area contributed by atoms with Crippen LogP contribution in [-0.4, -0.2) is 56.3 Å². The van der Waals surface area contributed by atoms with Gasteiger partial charge < -0.3 is 9.88 Å². The molecule has 198 valence electrons. The molecule has 6 rings (SSSR count). The minimum Gasteiger partial charge on any atom is -0.369 e. The molecule has 0 spiro atoms. The van der Waals surface area contributed by atoms with Gasteiger partial charge in [0.15, 0.2) is 5.82 Å². The van der Waals surface area contributed by atoms with Crippen LogP contribution in [0.4, 0.5) is 5.69 Å². The lowest BCUT2D eigenvalue weighted by Crippen LogP contribution is -2.49. The van der Waals surface area contributed by atoms with E-state index in [2.05, 4.69) is 87.5 Å². The lowest BCUT2D eigenvalue weighted by molar-refractivity contribution is 0.196. The fraction of sp³-hybridized carbons (Fsp3) is 0.467. The number of benzene rings is 2. The highest BCUT2D eigenvalue weighted by molar-refractivity contribution is 5.80. The summed E-state index contributed by atoms with van der Waals surface area (Å²) in [6, 6.07) is 14.9. The van der Waals surface area contributed by atoms with Gasteiger partial charge in [0.1, 0.15) is 6.04 Å². The van der Waals surface area contributed by atoms with Crippen molar-refractivity contribution in [3.8, 4) is 0 Å². The van der Waals surface area contributed by atoms with Crippen molar-refractivity contribution in [2.24, 2.45) is 0 Å². The standard InChI is InChI=1S/C30H37N7O/c1-4-22-12-13-26-23(18-22)19-25(30(38)31-26)28(29-32-33-34-37(29)24-9-5-6-10-24)36-16-14-35(15-17-36)27-11-7-8-20(2)21(27)3/h7-8,11-13,18-19,24,28H,4-6,9-10,14-17H2,1-3H3,(H,31,38). The maximum absolute atomic E-state index is 13.6. The predicted octanol–water partition coefficient (Wildman–Crippen LogP) is 4.72. The Labute approximate surface area is 223 Å². The summed E-state index contributed by atoms with van der Waals surface area (Å²) in [6.45, 7) is 9.94. The van der Waals surface area contributed by atoms with Crippen molar-refractivity contribution in [2.45, 2.75) is 65.0 Å². The van der Waals surface area contributed by atoms with Gasteiger partial charge in [-0.05, 0) is 89.9 Å². The predicted molar refractivity (Wildman–Crippen MR) is 151 cm³/mol. The second-order valence-electron chi connectivity index (χ2n) is 10.9. The molecular weight excluding hydrogens is 474 g/mol. The number of hydrogen-bond donors (Lipinski definition) is 1. The average molecular weight is 512 g/mol. The lowest BCUT2D eigenvalue weighted by atomic mass is 10.0. The zero-order valence-corrected chi connectivity index (χ0v) is 22.7. The number of tetrazole rings is 1. The van der Waals surface area contributed by atoms with Gasteiger partial charge >= 0.3 is 0 Å². The second-order valence-corrected chi connectivity index (χ2v) is 10.9. The van der Waals surface area contributed by atoms with Crippen LogP contribution in [0.3, 0.4) is 0 Å². The highest BCUT2D eigenvalue weighted by Crippen LogP contribution is 2.35. The first-order valence-corrected chi connectivity index (χ1v) is 14.0. The first-order chi connectivity index (χ1) is 18.5. The zero-order chi connectivity index (χ0) is 26.2. The third-order valence-corrected chi connectivity index (χ3v) is 8.67. The molecule has 1 N–H and O–H groups in total. The molecule has 0 amide bonds. The van der Waals surface area contributed by atoms with Gasteiger partial charge in [-0.2, -0.15) is 0 Å². The van der Waals surface area contributed by atoms with Crippen molar-refractivity contribution in [3.05, 3.63) is 80.9 Å². The fourth-order valence-electron chi connectivity index (χ4n) is 6.28. The molecule has 3 heterocycles. The highest BCUT2D eigenvalue weighted by Gasteiger charge is 2.35. The van der Waals surface area contributed by atoms with Crippen molar-refractivity contribution >= 4 is 16.6 Å². The van der Waals surface area contributed by atoms with E-state index in [1.807, 2.05) is 10.7 Å². The number of nitrogens with zero attached hydrogens (tertiary/aromatic N) is 6. The molecule has 0 bridgehead atoms. The monoisotopic (exact) mass is 511 g/mol. The van der Waals surface area contributed by atoms with Crippen LogP contribution in [0.5, 0.6) is 0 Å². The first kappa shape index (κ1) is 24.8. The van der Waals surface area contributed by atoms with Crippen LogP contribution >= 0.6 is 0 Å². The quantitative estimate of drug-likeness (QED) is 0.403. The third kappa shape index (κ3) is 4.51. The van der Waals surface area contributed by atoms with Gasteiger partial charge in [-0.1, -0.05) is 38.0 Å². The van der Waals surface area contributed by atoms with E-state index in [0.717, 1.165) is 67.7 Å². The summed E-state index contributed by atoms with van der Waals surface area (Å²) in [6.07, 6.45) is 5.51. The van der Waals surface area contributed by atoms with Crippen LogP contribution < -0.4 is 10.5 Å². The van der Waals surface area contributed by atoms with Crippen LogP contribution in [-0.2, 0) is 6.42 Å². The molecule has 1 saturated heterocycles. The maximum atomic E-state index is 13.6. The molecule has 8 nitrogen and oxygen atoms in total. The Hall–Kier alpha value is -3.52. The Morgan fingerprint density at radius 3 is 2.58 bits per heavy atom. The Morgan fingerprint density at radius 1 is 1.03 bits per heavy atom. The van der Waals surface area contributed by atoms with Crippen LogP contribution in [0.15, 0.2) is 47.3 Å². The summed E-state index contributed by atoms with van der Waals surface area (Å²) >= 11 is 0. The van der Waals surface area contributed by atoms with E-state index in [1.165, 1.54) is 35.2 Å². The minimum absolute atomic E-state index is 0.0651. The number of fused-ring (bicyclic) bond motifs is 1. The zero-order valence-electron chi connectivity index (χ0n) is 22.7. The number of hydrogen-bond acceptors (Lipinski definition) is 6. The smallest absolute Gasteiger partial charge is 0.253 e. The topological polar surface area (TPSA) is 82.9 Å². The van der Waals surface area contributed by atoms with Crippen molar-refractivity contribution in [2.75, 3.05) is 31.1 Å². The van der Waals surface area contributed by atoms with E-state index >= 15 is 0 Å². The van der Waals surface area contributed by atoms with E-state index < -0.39 is 0 Å². The molecule has 38 heavy (non-hydrogen) atoms. The van der Waals surface area contributed by atoms with Gasteiger partial charge in [0, 0.05) is 42.9 Å². The molecule has 0 radical (unpaired) electrons. The van der Waals surface area contributed by atoms with Crippen LogP contribution in [0.25, 0.3) is 10.9 Å². The number of aromatic amines is 1. The molecule has 4 aromatic rings. The molecule has 1 aliphatic carbocycles. The first-order valence-electron chi connectivity index (χ1n) is 14.0. The number of aromatic nitrogens is 5. The molecule has 8 heteroatoms. The largest absolute Gasteiger partial charge is 0.369 e. The molecule has 2 aromatic heterocycles. The van der Waals surface area contributed by atoms with Gasteiger partial charge in [0.25, 0.3) is 5.56 Å². The number of pyridine rings is 1. The molecule has 2 aliphatic rings. The van der Waals surface area contributed by atoms with Crippen LogP contribution in [0.1, 0.15) is 72.8 Å². The van der Waals surface area contributed by atoms with E-state index in [1.54, 1.807) is 0 Å². The lowest BCUT2D eigenvalue weighted by Gasteiger charge is -2.40. The summed E-state index contributed by atoms with van der Waals surface area (Å²) in [4.78, 5) is 21.6. The molecular formula is C30H37N7O. The van der Waals surface area contributed by atoms with Crippen LogP contribution in [0.2, 0.25) is 0 Å². The molecule has 1 unspecified atom stereocenters. The molecule has 1 saturated carbocycles. The Balaban J connectivity index is 1.39. The number of rotatable bonds is 6. The minimum atomic E-state index is -0.301. The Bertz CT molecular complexity index is 1490. The summed E-state index contributed by atoms with van der Waals surface area (Å²) in [5, 5.41) is 14.2. The van der Waals surface area contributed by atoms with E-state index in [-0.39, 0.29) is 11.6 Å². The SMILES string of the molecule is CCc1ccc2[nH]c(=O)c(C(c3nnnn3C3CCCC3)N3CCN(c4cccc(C)c4C)CC3)cc2c1. The van der Waals surface area contributed by atoms with Gasteiger partial charge in [0.05, 0.1) is 6.04 Å². The molecule has 1 aliphatic heterocycles. The van der Waals surface area contributed by atoms with Gasteiger partial charge in [0.2, 0.25) is 0 Å². The summed E-state index contributed by atoms with van der Waals surface area (Å²) in [5.74, 6) is 0.786. The van der Waals surface area contributed by atoms with E-state index in [4.69, 9.17) is 0 Å². The van der Waals surface area contributed by atoms with Crippen LogP contribution in [0, 0.1) is 13.8 Å². The fourth-order valence-corrected chi connectivity index (χ4v) is 6.28. The third-order valence-electron chi connectivity index (χ3n) is 8.67. The Morgan fingerprint density at radius 2 is 1.82 bits per heavy atom. The molecule has 1 atom stereocenters.